The van der Waals surface area contributed by atoms with Crippen LogP contribution >= 0.6 is 0 Å². The maximum atomic E-state index is 5.25. The van der Waals surface area contributed by atoms with Crippen LogP contribution in [-0.4, -0.2) is 29.9 Å². The molecular formula is C90H64N6. The van der Waals surface area contributed by atoms with E-state index in [-0.39, 0.29) is 5.41 Å². The zero-order valence-electron chi connectivity index (χ0n) is 52.9. The lowest BCUT2D eigenvalue weighted by molar-refractivity contribution is -0.0399. The van der Waals surface area contributed by atoms with Gasteiger partial charge in [-0.15, -0.1) is 0 Å². The third-order valence-electron chi connectivity index (χ3n) is 21.5. The Kier molecular flexibility index (Phi) is 13.3. The Hall–Kier alpha value is -11.6. The summed E-state index contributed by atoms with van der Waals surface area (Å²) in [4.78, 5) is 31.0. The molecule has 20 rings (SSSR count). The zero-order chi connectivity index (χ0) is 63.3. The van der Waals surface area contributed by atoms with Crippen LogP contribution in [0.25, 0.3) is 157 Å². The van der Waals surface area contributed by atoms with Crippen molar-refractivity contribution in [3.63, 3.8) is 0 Å². The van der Waals surface area contributed by atoms with Gasteiger partial charge < -0.3 is 0 Å². The minimum absolute atomic E-state index is 0.00102. The molecule has 5 aliphatic carbocycles. The van der Waals surface area contributed by atoms with Crippen LogP contribution in [0.2, 0.25) is 0 Å². The lowest BCUT2D eigenvalue weighted by Gasteiger charge is -2.61. The molecule has 1 spiro atoms. The number of rotatable bonds is 11. The van der Waals surface area contributed by atoms with Gasteiger partial charge in [0.25, 0.3) is 0 Å². The molecule has 0 atom stereocenters. The van der Waals surface area contributed by atoms with E-state index in [9.17, 15) is 0 Å². The lowest BCUT2D eigenvalue weighted by Crippen LogP contribution is -2.55. The fourth-order valence-electron chi connectivity index (χ4n) is 17.5. The highest BCUT2D eigenvalue weighted by molar-refractivity contribution is 5.98. The summed E-state index contributed by atoms with van der Waals surface area (Å²) in [6, 6.07) is 110. The van der Waals surface area contributed by atoms with Gasteiger partial charge in [-0.2, -0.15) is 0 Å². The Labute approximate surface area is 558 Å². The first-order valence-corrected chi connectivity index (χ1v) is 33.9. The second-order valence-corrected chi connectivity index (χ2v) is 27.0. The first kappa shape index (κ1) is 56.0. The molecule has 6 nitrogen and oxygen atoms in total. The minimum atomic E-state index is -0.00102. The Morgan fingerprint density at radius 2 is 0.552 bits per heavy atom. The smallest absolute Gasteiger partial charge is 0.164 e. The summed E-state index contributed by atoms with van der Waals surface area (Å²) in [5.74, 6) is 6.82. The summed E-state index contributed by atoms with van der Waals surface area (Å²) in [6.07, 6.45) is 6.72. The topological polar surface area (TPSA) is 77.3 Å². The van der Waals surface area contributed by atoms with Gasteiger partial charge in [-0.1, -0.05) is 267 Å². The molecule has 0 radical (unpaired) electrons. The zero-order valence-corrected chi connectivity index (χ0v) is 52.9. The number of benzene rings is 13. The summed E-state index contributed by atoms with van der Waals surface area (Å²) in [7, 11) is 0. The molecule has 2 heterocycles. The average molecular weight is 1230 g/mol. The molecule has 0 amide bonds. The molecule has 0 aliphatic heterocycles. The highest BCUT2D eigenvalue weighted by Gasteiger charge is 2.62. The fraction of sp³-hybridized carbons (Fsp3) is 0.111. The predicted molar refractivity (Wildman–Crippen MR) is 391 cm³/mol. The first-order valence-electron chi connectivity index (χ1n) is 33.9. The summed E-state index contributed by atoms with van der Waals surface area (Å²) < 4.78 is 0. The van der Waals surface area contributed by atoms with Crippen LogP contribution in [0.15, 0.2) is 303 Å². The van der Waals surface area contributed by atoms with Crippen LogP contribution in [0.1, 0.15) is 43.2 Å². The first-order chi connectivity index (χ1) is 47.5. The van der Waals surface area contributed by atoms with Crippen LogP contribution in [-0.2, 0) is 5.41 Å². The molecule has 0 N–H and O–H groups in total. The molecule has 13 aromatic carbocycles. The molecule has 4 fully saturated rings. The normalized spacial score (nSPS) is 18.0. The van der Waals surface area contributed by atoms with Crippen molar-refractivity contribution in [2.24, 2.45) is 23.7 Å². The third kappa shape index (κ3) is 9.53. The van der Waals surface area contributed by atoms with E-state index in [0.717, 1.165) is 94.6 Å². The van der Waals surface area contributed by atoms with Crippen molar-refractivity contribution >= 4 is 21.5 Å². The largest absolute Gasteiger partial charge is 0.208 e. The van der Waals surface area contributed by atoms with Crippen LogP contribution in [0.3, 0.4) is 0 Å². The Balaban J connectivity index is 0.677. The molecule has 0 unspecified atom stereocenters. The number of nitrogens with zero attached hydrogens (tertiary/aromatic N) is 6. The van der Waals surface area contributed by atoms with Crippen molar-refractivity contribution in [3.05, 3.63) is 314 Å². The van der Waals surface area contributed by atoms with Gasteiger partial charge in [0.15, 0.2) is 34.9 Å². The highest BCUT2D eigenvalue weighted by Crippen LogP contribution is 2.70. The van der Waals surface area contributed by atoms with Gasteiger partial charge in [0.1, 0.15) is 0 Å². The minimum Gasteiger partial charge on any atom is -0.208 e. The van der Waals surface area contributed by atoms with Crippen LogP contribution < -0.4 is 0 Å². The second-order valence-electron chi connectivity index (χ2n) is 27.0. The SMILES string of the molecule is c1ccc(-c2nc(-c3cccc(-c4cccc(-c5cccc(-c6ccc7c(c6)-c6c(-c8cccc(-c9cccc(-c%10nc(-c%11ccccc%11)nc(-c%11cccc%12ccccc%11%12)n%10)c9)c8)cccc6C76C7CC8CC(C7)CC6C8)c5)c4)c3)nc(-c3cccc4ccccc34)n2)cc1. The van der Waals surface area contributed by atoms with Crippen LogP contribution in [0.4, 0.5) is 0 Å². The molecule has 4 bridgehead atoms. The number of fused-ring (bicyclic) bond motifs is 5. The van der Waals surface area contributed by atoms with Crippen molar-refractivity contribution in [3.8, 4) is 135 Å². The summed E-state index contributed by atoms with van der Waals surface area (Å²) in [5.41, 5.74) is 23.4. The summed E-state index contributed by atoms with van der Waals surface area (Å²) in [6.45, 7) is 0. The van der Waals surface area contributed by atoms with Gasteiger partial charge in [-0.3, -0.25) is 0 Å². The monoisotopic (exact) mass is 1230 g/mol. The van der Waals surface area contributed by atoms with E-state index in [1.165, 1.54) is 71.0 Å². The van der Waals surface area contributed by atoms with Crippen LogP contribution in [0, 0.1) is 23.7 Å². The quantitative estimate of drug-likeness (QED) is 0.128. The van der Waals surface area contributed by atoms with Crippen molar-refractivity contribution in [2.45, 2.75) is 37.5 Å². The second kappa shape index (κ2) is 22.9. The molecule has 6 heteroatoms. The van der Waals surface area contributed by atoms with Gasteiger partial charge in [-0.05, 0) is 192 Å². The maximum absolute atomic E-state index is 5.25. The average Bonchev–Trinajstić information content (AvgIpc) is 1.50. The molecule has 4 saturated carbocycles. The lowest BCUT2D eigenvalue weighted by atomic mass is 9.43. The van der Waals surface area contributed by atoms with Gasteiger partial charge in [0.2, 0.25) is 0 Å². The van der Waals surface area contributed by atoms with Crippen molar-refractivity contribution in [2.75, 3.05) is 0 Å². The fourth-order valence-corrected chi connectivity index (χ4v) is 17.5. The molecule has 15 aromatic rings. The van der Waals surface area contributed by atoms with E-state index in [1.807, 2.05) is 36.4 Å². The molecule has 2 aromatic heterocycles. The van der Waals surface area contributed by atoms with Crippen LogP contribution in [0.5, 0.6) is 0 Å². The van der Waals surface area contributed by atoms with E-state index in [4.69, 9.17) is 29.9 Å². The third-order valence-corrected chi connectivity index (χ3v) is 21.5. The highest BCUT2D eigenvalue weighted by atomic mass is 15.0. The summed E-state index contributed by atoms with van der Waals surface area (Å²) >= 11 is 0. The number of hydrogen-bond acceptors (Lipinski definition) is 6. The predicted octanol–water partition coefficient (Wildman–Crippen LogP) is 22.4. The Morgan fingerprint density at radius 3 is 1.03 bits per heavy atom. The van der Waals surface area contributed by atoms with Gasteiger partial charge >= 0.3 is 0 Å². The molecule has 5 aliphatic rings. The van der Waals surface area contributed by atoms with Gasteiger partial charge in [0, 0.05) is 38.8 Å². The molecule has 96 heavy (non-hydrogen) atoms. The van der Waals surface area contributed by atoms with Gasteiger partial charge in [-0.25, -0.2) is 29.9 Å². The molecule has 0 saturated heterocycles. The van der Waals surface area contributed by atoms with Gasteiger partial charge in [0.05, 0.1) is 0 Å². The number of aromatic nitrogens is 6. The van der Waals surface area contributed by atoms with E-state index in [0.29, 0.717) is 46.8 Å². The van der Waals surface area contributed by atoms with Crippen molar-refractivity contribution in [1.82, 2.24) is 29.9 Å². The Bertz CT molecular complexity index is 5540. The van der Waals surface area contributed by atoms with E-state index in [1.54, 1.807) is 11.1 Å². The van der Waals surface area contributed by atoms with Crippen molar-refractivity contribution < 1.29 is 0 Å². The maximum Gasteiger partial charge on any atom is 0.164 e. The van der Waals surface area contributed by atoms with E-state index in [2.05, 4.69) is 267 Å². The van der Waals surface area contributed by atoms with Crippen molar-refractivity contribution in [1.29, 1.82) is 0 Å². The molecule has 454 valence electrons. The summed E-state index contributed by atoms with van der Waals surface area (Å²) in [5, 5.41) is 4.51. The van der Waals surface area contributed by atoms with E-state index < -0.39 is 0 Å². The van der Waals surface area contributed by atoms with E-state index >= 15 is 0 Å². The standard InChI is InChI=1S/C90H64N6/c1-3-21-60(22-4-1)84-91-86(95-88(93-84)78-40-16-25-58-19-7-9-37-75(58)78)71-35-14-32-67(53-71)64-29-11-27-62(50-64)63-28-12-30-65(51-63)69-43-44-81-80(55-69)83-77(39-18-42-82(83)90(81)73-46-56-45-57(48-73)49-74(90)47-56)70-34-13-31-66(52-70)68-33-15-36-72(54-68)87-92-85(61-23-5-2-6-24-61)94-89(96-87)79-41-17-26-59-20-8-10-38-76(59)79/h1-44,50-57,73-74H,45-49H2. The molecular weight excluding hydrogens is 1170 g/mol. The Morgan fingerprint density at radius 1 is 0.219 bits per heavy atom. The number of hydrogen-bond donors (Lipinski definition) is 0.